The molecule has 0 bridgehead atoms. The lowest BCUT2D eigenvalue weighted by molar-refractivity contribution is -0.116. The monoisotopic (exact) mass is 303 g/mol. The van der Waals surface area contributed by atoms with Crippen molar-refractivity contribution in [2.45, 2.75) is 19.8 Å². The Kier molecular flexibility index (Phi) is 5.23. The quantitative estimate of drug-likeness (QED) is 0.897. The molecule has 2 rings (SSSR count). The second kappa shape index (κ2) is 7.14. The van der Waals surface area contributed by atoms with Crippen molar-refractivity contribution in [2.24, 2.45) is 0 Å². The smallest absolute Gasteiger partial charge is 0.224 e. The summed E-state index contributed by atoms with van der Waals surface area (Å²) >= 11 is 6.02. The van der Waals surface area contributed by atoms with Crippen molar-refractivity contribution in [3.05, 3.63) is 58.6 Å². The van der Waals surface area contributed by atoms with Crippen molar-refractivity contribution in [3.63, 3.8) is 0 Å². The van der Waals surface area contributed by atoms with Gasteiger partial charge in [0.15, 0.2) is 0 Å². The molecule has 3 nitrogen and oxygen atoms in total. The number of hydrogen-bond acceptors (Lipinski definition) is 2. The third kappa shape index (κ3) is 4.50. The van der Waals surface area contributed by atoms with Crippen LogP contribution in [0.3, 0.4) is 0 Å². The van der Waals surface area contributed by atoms with Gasteiger partial charge in [-0.15, -0.1) is 0 Å². The van der Waals surface area contributed by atoms with E-state index in [-0.39, 0.29) is 5.91 Å². The molecule has 0 saturated carbocycles. The van der Waals surface area contributed by atoms with Crippen molar-refractivity contribution in [3.8, 4) is 5.75 Å². The first-order chi connectivity index (χ1) is 10.1. The second-order valence-corrected chi connectivity index (χ2v) is 5.29. The molecule has 0 atom stereocenters. The molecule has 1 N–H and O–H groups in total. The van der Waals surface area contributed by atoms with Gasteiger partial charge in [0.25, 0.3) is 0 Å². The summed E-state index contributed by atoms with van der Waals surface area (Å²) in [6.45, 7) is 2.05. The van der Waals surface area contributed by atoms with Crippen LogP contribution in [0.15, 0.2) is 42.5 Å². The number of rotatable bonds is 5. The van der Waals surface area contributed by atoms with Crippen LogP contribution in [0.4, 0.5) is 5.69 Å². The van der Waals surface area contributed by atoms with Gasteiger partial charge in [0.2, 0.25) is 5.91 Å². The van der Waals surface area contributed by atoms with E-state index in [1.807, 2.05) is 19.1 Å². The molecule has 4 heteroatoms. The minimum absolute atomic E-state index is 0.0307. The average molecular weight is 304 g/mol. The lowest BCUT2D eigenvalue weighted by atomic mass is 10.1. The van der Waals surface area contributed by atoms with E-state index < -0.39 is 0 Å². The third-order valence-corrected chi connectivity index (χ3v) is 3.49. The van der Waals surface area contributed by atoms with Gasteiger partial charge in [0, 0.05) is 12.1 Å². The third-order valence-electron chi connectivity index (χ3n) is 3.20. The van der Waals surface area contributed by atoms with Crippen LogP contribution in [-0.4, -0.2) is 13.0 Å². The molecule has 0 aliphatic heterocycles. The molecule has 0 heterocycles. The van der Waals surface area contributed by atoms with Crippen molar-refractivity contribution in [1.82, 2.24) is 0 Å². The second-order valence-electron chi connectivity index (χ2n) is 4.88. The first-order valence-corrected chi connectivity index (χ1v) is 7.15. The van der Waals surface area contributed by atoms with Gasteiger partial charge in [-0.25, -0.2) is 0 Å². The topological polar surface area (TPSA) is 38.3 Å². The Balaban J connectivity index is 1.89. The zero-order valence-electron chi connectivity index (χ0n) is 12.2. The first kappa shape index (κ1) is 15.4. The summed E-state index contributed by atoms with van der Waals surface area (Å²) in [6, 6.07) is 13.4. The standard InChI is InChI=1S/C17H18ClNO2/c1-12-3-5-13(6-4-12)7-10-17(20)19-14-8-9-16(21-2)15(18)11-14/h3-6,8-9,11H,7,10H2,1-2H3,(H,19,20). The molecule has 0 aliphatic rings. The summed E-state index contributed by atoms with van der Waals surface area (Å²) in [4.78, 5) is 11.9. The van der Waals surface area contributed by atoms with E-state index >= 15 is 0 Å². The number of carbonyl (C=O) groups excluding carboxylic acids is 1. The lowest BCUT2D eigenvalue weighted by Crippen LogP contribution is -2.12. The number of aryl methyl sites for hydroxylation is 2. The number of halogens is 1. The molecule has 0 aliphatic carbocycles. The fourth-order valence-electron chi connectivity index (χ4n) is 1.98. The molecule has 110 valence electrons. The summed E-state index contributed by atoms with van der Waals surface area (Å²) in [7, 11) is 1.56. The molecule has 1 amide bonds. The maximum atomic E-state index is 11.9. The molecule has 0 fully saturated rings. The summed E-state index contributed by atoms with van der Waals surface area (Å²) in [5, 5.41) is 3.32. The van der Waals surface area contributed by atoms with Crippen LogP contribution >= 0.6 is 11.6 Å². The Labute approximate surface area is 129 Å². The molecule has 0 aromatic heterocycles. The minimum Gasteiger partial charge on any atom is -0.495 e. The normalized spacial score (nSPS) is 10.2. The largest absolute Gasteiger partial charge is 0.495 e. The van der Waals surface area contributed by atoms with E-state index in [0.29, 0.717) is 22.9 Å². The highest BCUT2D eigenvalue weighted by atomic mass is 35.5. The Hall–Kier alpha value is -2.00. The van der Waals surface area contributed by atoms with Crippen LogP contribution in [0, 0.1) is 6.92 Å². The Morgan fingerprint density at radius 1 is 1.19 bits per heavy atom. The van der Waals surface area contributed by atoms with Gasteiger partial charge < -0.3 is 10.1 Å². The molecule has 0 spiro atoms. The van der Waals surface area contributed by atoms with Crippen LogP contribution in [0.1, 0.15) is 17.5 Å². The van der Waals surface area contributed by atoms with Gasteiger partial charge in [0.1, 0.15) is 5.75 Å². The van der Waals surface area contributed by atoms with Gasteiger partial charge >= 0.3 is 0 Å². The van der Waals surface area contributed by atoms with E-state index in [0.717, 1.165) is 12.0 Å². The Bertz CT molecular complexity index is 623. The van der Waals surface area contributed by atoms with Gasteiger partial charge in [-0.2, -0.15) is 0 Å². The molecular weight excluding hydrogens is 286 g/mol. The number of anilines is 1. The highest BCUT2D eigenvalue weighted by Gasteiger charge is 2.06. The summed E-state index contributed by atoms with van der Waals surface area (Å²) in [5.41, 5.74) is 3.05. The number of nitrogens with one attached hydrogen (secondary N) is 1. The molecular formula is C17H18ClNO2. The van der Waals surface area contributed by atoms with Gasteiger partial charge in [-0.1, -0.05) is 41.4 Å². The predicted molar refractivity (Wildman–Crippen MR) is 86.1 cm³/mol. The van der Waals surface area contributed by atoms with Gasteiger partial charge in [-0.05, 0) is 37.1 Å². The number of ether oxygens (including phenoxy) is 1. The van der Waals surface area contributed by atoms with E-state index in [2.05, 4.69) is 17.4 Å². The number of amides is 1. The van der Waals surface area contributed by atoms with Crippen LogP contribution in [0.2, 0.25) is 5.02 Å². The Morgan fingerprint density at radius 2 is 1.90 bits per heavy atom. The van der Waals surface area contributed by atoms with Crippen LogP contribution in [0.5, 0.6) is 5.75 Å². The first-order valence-electron chi connectivity index (χ1n) is 6.77. The maximum absolute atomic E-state index is 11.9. The molecule has 0 unspecified atom stereocenters. The predicted octanol–water partition coefficient (Wildman–Crippen LogP) is 4.23. The fourth-order valence-corrected chi connectivity index (χ4v) is 2.24. The van der Waals surface area contributed by atoms with E-state index in [4.69, 9.17) is 16.3 Å². The average Bonchev–Trinajstić information content (AvgIpc) is 2.47. The zero-order valence-corrected chi connectivity index (χ0v) is 12.9. The van der Waals surface area contributed by atoms with E-state index in [1.54, 1.807) is 25.3 Å². The number of hydrogen-bond donors (Lipinski definition) is 1. The maximum Gasteiger partial charge on any atom is 0.224 e. The number of benzene rings is 2. The zero-order chi connectivity index (χ0) is 15.2. The molecule has 2 aromatic rings. The molecule has 21 heavy (non-hydrogen) atoms. The van der Waals surface area contributed by atoms with E-state index in [1.165, 1.54) is 5.56 Å². The van der Waals surface area contributed by atoms with Gasteiger partial charge in [-0.3, -0.25) is 4.79 Å². The van der Waals surface area contributed by atoms with Crippen LogP contribution in [0.25, 0.3) is 0 Å². The molecule has 0 saturated heterocycles. The van der Waals surface area contributed by atoms with Crippen molar-refractivity contribution < 1.29 is 9.53 Å². The lowest BCUT2D eigenvalue weighted by Gasteiger charge is -2.08. The SMILES string of the molecule is COc1ccc(NC(=O)CCc2ccc(C)cc2)cc1Cl. The van der Waals surface area contributed by atoms with Crippen LogP contribution in [-0.2, 0) is 11.2 Å². The molecule has 2 aromatic carbocycles. The van der Waals surface area contributed by atoms with Crippen LogP contribution < -0.4 is 10.1 Å². The van der Waals surface area contributed by atoms with E-state index in [9.17, 15) is 4.79 Å². The summed E-state index contributed by atoms with van der Waals surface area (Å²) in [6.07, 6.45) is 1.16. The minimum atomic E-state index is -0.0307. The number of methoxy groups -OCH3 is 1. The number of carbonyl (C=O) groups is 1. The van der Waals surface area contributed by atoms with Crippen molar-refractivity contribution >= 4 is 23.2 Å². The Morgan fingerprint density at radius 3 is 2.52 bits per heavy atom. The van der Waals surface area contributed by atoms with Gasteiger partial charge in [0.05, 0.1) is 12.1 Å². The van der Waals surface area contributed by atoms with Crippen molar-refractivity contribution in [2.75, 3.05) is 12.4 Å². The fraction of sp³-hybridized carbons (Fsp3) is 0.235. The molecule has 0 radical (unpaired) electrons. The van der Waals surface area contributed by atoms with Crippen molar-refractivity contribution in [1.29, 1.82) is 0 Å². The summed E-state index contributed by atoms with van der Waals surface area (Å²) in [5.74, 6) is 0.561. The highest BCUT2D eigenvalue weighted by Crippen LogP contribution is 2.27. The summed E-state index contributed by atoms with van der Waals surface area (Å²) < 4.78 is 5.08. The highest BCUT2D eigenvalue weighted by molar-refractivity contribution is 6.32.